The van der Waals surface area contributed by atoms with Crippen molar-refractivity contribution in [2.45, 2.75) is 0 Å². The van der Waals surface area contributed by atoms with Crippen LogP contribution in [-0.2, 0) is 0 Å². The molecular formula is C11H7O. The van der Waals surface area contributed by atoms with Gasteiger partial charge in [0, 0.05) is 10.9 Å². The minimum absolute atomic E-state index is 0.702. The van der Waals surface area contributed by atoms with E-state index in [1.165, 1.54) is 0 Å². The molecule has 12 heavy (non-hydrogen) atoms. The first kappa shape index (κ1) is 7.04. The molecule has 2 rings (SSSR count). The van der Waals surface area contributed by atoms with Gasteiger partial charge in [-0.15, -0.1) is 0 Å². The van der Waals surface area contributed by atoms with Crippen LogP contribution in [0, 0.1) is 6.07 Å². The van der Waals surface area contributed by atoms with Crippen molar-refractivity contribution in [1.82, 2.24) is 0 Å². The van der Waals surface area contributed by atoms with Crippen molar-refractivity contribution in [3.63, 3.8) is 0 Å². The van der Waals surface area contributed by atoms with E-state index in [0.717, 1.165) is 17.1 Å². The highest BCUT2D eigenvalue weighted by Crippen LogP contribution is 2.15. The Hall–Kier alpha value is -1.63. The van der Waals surface area contributed by atoms with Gasteiger partial charge in [0.15, 0.2) is 6.29 Å². The highest BCUT2D eigenvalue weighted by molar-refractivity contribution is 5.97. The van der Waals surface area contributed by atoms with E-state index in [9.17, 15) is 4.79 Å². The fraction of sp³-hybridized carbons (Fsp3) is 0. The van der Waals surface area contributed by atoms with Gasteiger partial charge in [0.1, 0.15) is 0 Å². The quantitative estimate of drug-likeness (QED) is 0.578. The second-order valence-electron chi connectivity index (χ2n) is 2.60. The molecule has 1 heteroatoms. The summed E-state index contributed by atoms with van der Waals surface area (Å²) in [7, 11) is 0. The van der Waals surface area contributed by atoms with Crippen molar-refractivity contribution in [3.8, 4) is 0 Å². The van der Waals surface area contributed by atoms with Crippen molar-refractivity contribution in [1.29, 1.82) is 0 Å². The molecule has 0 atom stereocenters. The van der Waals surface area contributed by atoms with E-state index in [0.29, 0.717) is 5.56 Å². The third-order valence-corrected chi connectivity index (χ3v) is 1.86. The summed E-state index contributed by atoms with van der Waals surface area (Å²) in [6, 6.07) is 14.4. The Morgan fingerprint density at radius 3 is 2.83 bits per heavy atom. The smallest absolute Gasteiger partial charge is 0.150 e. The lowest BCUT2D eigenvalue weighted by Gasteiger charge is -1.97. The Bertz CT molecular complexity index is 413. The van der Waals surface area contributed by atoms with E-state index >= 15 is 0 Å². The molecule has 0 unspecified atom stereocenters. The van der Waals surface area contributed by atoms with Gasteiger partial charge < -0.3 is 0 Å². The van der Waals surface area contributed by atoms with Gasteiger partial charge in [-0.2, -0.15) is 0 Å². The molecule has 0 aliphatic carbocycles. The first-order valence-electron chi connectivity index (χ1n) is 3.76. The summed E-state index contributed by atoms with van der Waals surface area (Å²) in [5, 5.41) is 1.96. The number of benzene rings is 2. The summed E-state index contributed by atoms with van der Waals surface area (Å²) >= 11 is 0. The van der Waals surface area contributed by atoms with Crippen LogP contribution in [0.25, 0.3) is 10.8 Å². The van der Waals surface area contributed by atoms with E-state index in [-0.39, 0.29) is 0 Å². The number of hydrogen-bond donors (Lipinski definition) is 0. The van der Waals surface area contributed by atoms with Gasteiger partial charge in [-0.1, -0.05) is 36.4 Å². The van der Waals surface area contributed by atoms with Crippen LogP contribution in [0.4, 0.5) is 0 Å². The third-order valence-electron chi connectivity index (χ3n) is 1.86. The van der Waals surface area contributed by atoms with Gasteiger partial charge in [0.25, 0.3) is 0 Å². The van der Waals surface area contributed by atoms with Gasteiger partial charge in [-0.25, -0.2) is 0 Å². The summed E-state index contributed by atoms with van der Waals surface area (Å²) in [6.07, 6.45) is 0.860. The second kappa shape index (κ2) is 2.78. The minimum Gasteiger partial charge on any atom is -0.298 e. The van der Waals surface area contributed by atoms with Crippen molar-refractivity contribution < 1.29 is 4.79 Å². The van der Waals surface area contributed by atoms with Crippen molar-refractivity contribution in [2.24, 2.45) is 0 Å². The third kappa shape index (κ3) is 0.996. The topological polar surface area (TPSA) is 17.1 Å². The van der Waals surface area contributed by atoms with Crippen LogP contribution in [0.3, 0.4) is 0 Å². The van der Waals surface area contributed by atoms with Crippen LogP contribution >= 0.6 is 0 Å². The fourth-order valence-corrected chi connectivity index (χ4v) is 1.28. The molecule has 0 aliphatic heterocycles. The van der Waals surface area contributed by atoms with Crippen LogP contribution in [0.15, 0.2) is 36.4 Å². The molecule has 0 saturated carbocycles. The van der Waals surface area contributed by atoms with E-state index in [1.54, 1.807) is 6.07 Å². The molecule has 0 aromatic heterocycles. The normalized spacial score (nSPS) is 10.0. The zero-order chi connectivity index (χ0) is 8.39. The lowest BCUT2D eigenvalue weighted by Crippen LogP contribution is -1.81. The molecule has 0 heterocycles. The first-order valence-corrected chi connectivity index (χ1v) is 3.76. The molecule has 0 fully saturated rings. The molecule has 0 amide bonds. The first-order chi connectivity index (χ1) is 5.92. The number of hydrogen-bond acceptors (Lipinski definition) is 1. The average Bonchev–Trinajstić information content (AvgIpc) is 2.17. The summed E-state index contributed by atoms with van der Waals surface area (Å²) in [5.74, 6) is 0. The molecule has 0 aliphatic rings. The zero-order valence-corrected chi connectivity index (χ0v) is 6.45. The molecule has 0 saturated heterocycles. The number of carbonyl (C=O) groups excluding carboxylic acids is 1. The Morgan fingerprint density at radius 1 is 1.17 bits per heavy atom. The molecule has 57 valence electrons. The Labute approximate surface area is 70.6 Å². The van der Waals surface area contributed by atoms with Gasteiger partial charge in [-0.05, 0) is 11.5 Å². The lowest BCUT2D eigenvalue weighted by molar-refractivity contribution is 0.112. The highest BCUT2D eigenvalue weighted by Gasteiger charge is 1.96. The SMILES string of the molecule is O=Cc1cccc2ccc[c]c12. The standard InChI is InChI=1S/C11H7O/c12-8-10-6-3-5-9-4-1-2-7-11(9)10/h1-6,8H. The number of fused-ring (bicyclic) bond motifs is 1. The molecule has 0 spiro atoms. The van der Waals surface area contributed by atoms with Crippen LogP contribution < -0.4 is 0 Å². The number of carbonyl (C=O) groups is 1. The second-order valence-corrected chi connectivity index (χ2v) is 2.60. The Kier molecular flexibility index (Phi) is 1.63. The van der Waals surface area contributed by atoms with Gasteiger partial charge >= 0.3 is 0 Å². The molecule has 2 aromatic carbocycles. The Balaban J connectivity index is 2.88. The van der Waals surface area contributed by atoms with Gasteiger partial charge in [0.05, 0.1) is 0 Å². The van der Waals surface area contributed by atoms with E-state index in [2.05, 4.69) is 6.07 Å². The molecule has 1 nitrogen and oxygen atoms in total. The maximum atomic E-state index is 10.6. The predicted molar refractivity (Wildman–Crippen MR) is 48.2 cm³/mol. The number of rotatable bonds is 1. The van der Waals surface area contributed by atoms with E-state index in [1.807, 2.05) is 30.3 Å². The fourth-order valence-electron chi connectivity index (χ4n) is 1.28. The number of aldehydes is 1. The van der Waals surface area contributed by atoms with Crippen LogP contribution in [0.1, 0.15) is 10.4 Å². The molecular weight excluding hydrogens is 148 g/mol. The van der Waals surface area contributed by atoms with Gasteiger partial charge in [-0.3, -0.25) is 4.79 Å². The van der Waals surface area contributed by atoms with Crippen LogP contribution in [0.2, 0.25) is 0 Å². The summed E-state index contributed by atoms with van der Waals surface area (Å²) in [5.41, 5.74) is 0.702. The largest absolute Gasteiger partial charge is 0.298 e. The van der Waals surface area contributed by atoms with Crippen molar-refractivity contribution in [3.05, 3.63) is 48.0 Å². The van der Waals surface area contributed by atoms with E-state index < -0.39 is 0 Å². The molecule has 0 bridgehead atoms. The monoisotopic (exact) mass is 155 g/mol. The predicted octanol–water partition coefficient (Wildman–Crippen LogP) is 2.45. The molecule has 0 N–H and O–H groups in total. The summed E-state index contributed by atoms with van der Waals surface area (Å²) in [4.78, 5) is 10.6. The Morgan fingerprint density at radius 2 is 2.00 bits per heavy atom. The summed E-state index contributed by atoms with van der Waals surface area (Å²) in [6.45, 7) is 0. The molecule has 2 aromatic rings. The van der Waals surface area contributed by atoms with Gasteiger partial charge in [0.2, 0.25) is 0 Å². The highest BCUT2D eigenvalue weighted by atomic mass is 16.1. The maximum Gasteiger partial charge on any atom is 0.150 e. The zero-order valence-electron chi connectivity index (χ0n) is 6.45. The lowest BCUT2D eigenvalue weighted by atomic mass is 10.1. The van der Waals surface area contributed by atoms with Crippen molar-refractivity contribution >= 4 is 17.1 Å². The van der Waals surface area contributed by atoms with Crippen LogP contribution in [0.5, 0.6) is 0 Å². The van der Waals surface area contributed by atoms with Crippen LogP contribution in [-0.4, -0.2) is 6.29 Å². The molecule has 1 radical (unpaired) electrons. The minimum atomic E-state index is 0.702. The van der Waals surface area contributed by atoms with E-state index in [4.69, 9.17) is 0 Å². The average molecular weight is 155 g/mol. The van der Waals surface area contributed by atoms with Crippen molar-refractivity contribution in [2.75, 3.05) is 0 Å². The summed E-state index contributed by atoms with van der Waals surface area (Å²) < 4.78 is 0. The maximum absolute atomic E-state index is 10.6.